The zero-order valence-corrected chi connectivity index (χ0v) is 10.4. The Kier molecular flexibility index (Phi) is 4.40. The molecule has 1 aliphatic heterocycles. The second-order valence-corrected chi connectivity index (χ2v) is 4.63. The second kappa shape index (κ2) is 6.03. The number of rotatable bonds is 5. The van der Waals surface area contributed by atoms with Crippen LogP contribution in [0.2, 0.25) is 0 Å². The van der Waals surface area contributed by atoms with Gasteiger partial charge in [0.05, 0.1) is 6.61 Å². The fourth-order valence-electron chi connectivity index (χ4n) is 2.39. The molecule has 1 fully saturated rings. The monoisotopic (exact) mass is 235 g/mol. The van der Waals surface area contributed by atoms with E-state index in [-0.39, 0.29) is 6.61 Å². The molecule has 0 radical (unpaired) electrons. The molecule has 1 atom stereocenters. The fraction of sp³-hybridized carbons (Fsp3) is 0.571. The number of aryl methyl sites for hydroxylation is 1. The van der Waals surface area contributed by atoms with E-state index in [9.17, 15) is 5.11 Å². The van der Waals surface area contributed by atoms with Crippen molar-refractivity contribution in [3.63, 3.8) is 0 Å². The van der Waals surface area contributed by atoms with Gasteiger partial charge in [0.15, 0.2) is 0 Å². The molecule has 1 N–H and O–H groups in total. The Bertz CT molecular complexity index is 354. The van der Waals surface area contributed by atoms with Crippen LogP contribution in [0.1, 0.15) is 18.4 Å². The first kappa shape index (κ1) is 12.4. The summed E-state index contributed by atoms with van der Waals surface area (Å²) in [5, 5.41) is 9.21. The van der Waals surface area contributed by atoms with Gasteiger partial charge in [0.1, 0.15) is 12.4 Å². The van der Waals surface area contributed by atoms with Gasteiger partial charge in [-0.2, -0.15) is 0 Å². The Labute approximate surface area is 103 Å². The molecule has 0 saturated carbocycles. The van der Waals surface area contributed by atoms with Crippen molar-refractivity contribution in [3.8, 4) is 5.75 Å². The zero-order chi connectivity index (χ0) is 12.1. The number of hydrogen-bond donors (Lipinski definition) is 1. The summed E-state index contributed by atoms with van der Waals surface area (Å²) in [6, 6.07) is 8.42. The quantitative estimate of drug-likeness (QED) is 0.845. The van der Waals surface area contributed by atoms with Crippen molar-refractivity contribution in [1.82, 2.24) is 4.90 Å². The van der Waals surface area contributed by atoms with E-state index < -0.39 is 0 Å². The SMILES string of the molecule is Cc1ccccc1OCCN1CCC[C@@H]1CO. The van der Waals surface area contributed by atoms with Crippen LogP contribution < -0.4 is 4.74 Å². The van der Waals surface area contributed by atoms with Crippen LogP contribution in [0.25, 0.3) is 0 Å². The van der Waals surface area contributed by atoms with Gasteiger partial charge in [-0.3, -0.25) is 4.90 Å². The van der Waals surface area contributed by atoms with Crippen molar-refractivity contribution < 1.29 is 9.84 Å². The van der Waals surface area contributed by atoms with Crippen LogP contribution in [0.3, 0.4) is 0 Å². The second-order valence-electron chi connectivity index (χ2n) is 4.63. The maximum Gasteiger partial charge on any atom is 0.122 e. The van der Waals surface area contributed by atoms with Crippen LogP contribution in [-0.4, -0.2) is 42.4 Å². The van der Waals surface area contributed by atoms with Gasteiger partial charge < -0.3 is 9.84 Å². The van der Waals surface area contributed by atoms with Gasteiger partial charge in [-0.1, -0.05) is 18.2 Å². The summed E-state index contributed by atoms with van der Waals surface area (Å²) in [4.78, 5) is 2.32. The van der Waals surface area contributed by atoms with Crippen molar-refractivity contribution in [2.45, 2.75) is 25.8 Å². The predicted octanol–water partition coefficient (Wildman–Crippen LogP) is 1.83. The van der Waals surface area contributed by atoms with Crippen molar-refractivity contribution in [2.75, 3.05) is 26.3 Å². The van der Waals surface area contributed by atoms with Gasteiger partial charge in [0, 0.05) is 12.6 Å². The maximum absolute atomic E-state index is 9.21. The molecule has 17 heavy (non-hydrogen) atoms. The topological polar surface area (TPSA) is 32.7 Å². The Morgan fingerprint density at radius 1 is 1.41 bits per heavy atom. The smallest absolute Gasteiger partial charge is 0.122 e. The van der Waals surface area contributed by atoms with Crippen molar-refractivity contribution in [1.29, 1.82) is 0 Å². The summed E-state index contributed by atoms with van der Waals surface area (Å²) in [6.07, 6.45) is 2.30. The predicted molar refractivity (Wildman–Crippen MR) is 68.4 cm³/mol. The van der Waals surface area contributed by atoms with E-state index in [0.29, 0.717) is 12.6 Å². The van der Waals surface area contributed by atoms with Crippen LogP contribution in [0.4, 0.5) is 0 Å². The minimum absolute atomic E-state index is 0.268. The molecule has 1 saturated heterocycles. The lowest BCUT2D eigenvalue weighted by Gasteiger charge is -2.22. The average molecular weight is 235 g/mol. The van der Waals surface area contributed by atoms with Gasteiger partial charge in [0.2, 0.25) is 0 Å². The van der Waals surface area contributed by atoms with Gasteiger partial charge in [-0.15, -0.1) is 0 Å². The lowest BCUT2D eigenvalue weighted by Crippen LogP contribution is -2.35. The van der Waals surface area contributed by atoms with E-state index in [4.69, 9.17) is 4.74 Å². The molecule has 1 aromatic carbocycles. The molecule has 3 heteroatoms. The third kappa shape index (κ3) is 3.20. The molecule has 0 unspecified atom stereocenters. The number of aliphatic hydroxyl groups is 1. The van der Waals surface area contributed by atoms with Crippen molar-refractivity contribution >= 4 is 0 Å². The zero-order valence-electron chi connectivity index (χ0n) is 10.4. The van der Waals surface area contributed by atoms with Crippen molar-refractivity contribution in [2.24, 2.45) is 0 Å². The van der Waals surface area contributed by atoms with Crippen LogP contribution in [0.5, 0.6) is 5.75 Å². The number of benzene rings is 1. The molecule has 0 bridgehead atoms. The summed E-state index contributed by atoms with van der Waals surface area (Å²) in [6.45, 7) is 5.01. The van der Waals surface area contributed by atoms with Crippen LogP contribution >= 0.6 is 0 Å². The van der Waals surface area contributed by atoms with Crippen LogP contribution in [-0.2, 0) is 0 Å². The number of ether oxygens (including phenoxy) is 1. The number of aliphatic hydroxyl groups excluding tert-OH is 1. The fourth-order valence-corrected chi connectivity index (χ4v) is 2.39. The molecule has 1 aliphatic rings. The summed E-state index contributed by atoms with van der Waals surface area (Å²) in [5.41, 5.74) is 1.17. The lowest BCUT2D eigenvalue weighted by molar-refractivity contribution is 0.139. The highest BCUT2D eigenvalue weighted by Gasteiger charge is 2.22. The highest BCUT2D eigenvalue weighted by atomic mass is 16.5. The summed E-state index contributed by atoms with van der Waals surface area (Å²) in [5.74, 6) is 0.965. The van der Waals surface area contributed by atoms with Gasteiger partial charge >= 0.3 is 0 Å². The first-order valence-corrected chi connectivity index (χ1v) is 6.34. The van der Waals surface area contributed by atoms with E-state index in [1.165, 1.54) is 12.0 Å². The van der Waals surface area contributed by atoms with E-state index in [0.717, 1.165) is 25.3 Å². The minimum atomic E-state index is 0.268. The van der Waals surface area contributed by atoms with Crippen molar-refractivity contribution in [3.05, 3.63) is 29.8 Å². The third-order valence-electron chi connectivity index (χ3n) is 3.44. The Morgan fingerprint density at radius 3 is 3.00 bits per heavy atom. The number of likely N-dealkylation sites (tertiary alicyclic amines) is 1. The Balaban J connectivity index is 1.78. The van der Waals surface area contributed by atoms with Gasteiger partial charge in [-0.05, 0) is 37.9 Å². The molecule has 2 rings (SSSR count). The van der Waals surface area contributed by atoms with E-state index >= 15 is 0 Å². The highest BCUT2D eigenvalue weighted by Crippen LogP contribution is 2.18. The van der Waals surface area contributed by atoms with E-state index in [1.54, 1.807) is 0 Å². The standard InChI is InChI=1S/C14H21NO2/c1-12-5-2-3-7-14(12)17-10-9-15-8-4-6-13(15)11-16/h2-3,5,7,13,16H,4,6,8-11H2,1H3/t13-/m1/s1. The molecule has 0 amide bonds. The Hall–Kier alpha value is -1.06. The highest BCUT2D eigenvalue weighted by molar-refractivity contribution is 5.31. The first-order chi connectivity index (χ1) is 8.31. The Morgan fingerprint density at radius 2 is 2.24 bits per heavy atom. The molecule has 0 aromatic heterocycles. The van der Waals surface area contributed by atoms with E-state index in [2.05, 4.69) is 17.9 Å². The number of nitrogens with zero attached hydrogens (tertiary/aromatic N) is 1. The molecule has 1 heterocycles. The molecular weight excluding hydrogens is 214 g/mol. The average Bonchev–Trinajstić information content (AvgIpc) is 2.79. The van der Waals surface area contributed by atoms with E-state index in [1.807, 2.05) is 18.2 Å². The maximum atomic E-state index is 9.21. The van der Waals surface area contributed by atoms with Crippen LogP contribution in [0, 0.1) is 6.92 Å². The molecular formula is C14H21NO2. The molecule has 0 aliphatic carbocycles. The molecule has 1 aromatic rings. The summed E-state index contributed by atoms with van der Waals surface area (Å²) in [7, 11) is 0. The molecule has 0 spiro atoms. The normalized spacial score (nSPS) is 20.7. The minimum Gasteiger partial charge on any atom is -0.492 e. The van der Waals surface area contributed by atoms with Crippen LogP contribution in [0.15, 0.2) is 24.3 Å². The number of hydrogen-bond acceptors (Lipinski definition) is 3. The van der Waals surface area contributed by atoms with Gasteiger partial charge in [0.25, 0.3) is 0 Å². The molecule has 3 nitrogen and oxygen atoms in total. The first-order valence-electron chi connectivity index (χ1n) is 6.34. The van der Waals surface area contributed by atoms with Gasteiger partial charge in [-0.25, -0.2) is 0 Å². The molecule has 94 valence electrons. The summed E-state index contributed by atoms with van der Waals surface area (Å²) < 4.78 is 5.77. The largest absolute Gasteiger partial charge is 0.492 e. The lowest BCUT2D eigenvalue weighted by atomic mass is 10.2. The third-order valence-corrected chi connectivity index (χ3v) is 3.44. The summed E-state index contributed by atoms with van der Waals surface area (Å²) >= 11 is 0. The number of para-hydroxylation sites is 1.